The number of halogens is 2. The van der Waals surface area contributed by atoms with Crippen molar-refractivity contribution in [2.24, 2.45) is 0 Å². The van der Waals surface area contributed by atoms with E-state index in [9.17, 15) is 14.0 Å². The highest BCUT2D eigenvalue weighted by Gasteiger charge is 2.33. The van der Waals surface area contributed by atoms with Crippen LogP contribution in [0.15, 0.2) is 46.9 Å². The molecule has 2 amide bonds. The first-order valence-corrected chi connectivity index (χ1v) is 8.93. The second-order valence-corrected chi connectivity index (χ2v) is 6.92. The molecule has 6 heteroatoms. The Bertz CT molecular complexity index is 808. The molecular formula is C19H18BrFN2O2. The van der Waals surface area contributed by atoms with Crippen molar-refractivity contribution in [3.05, 3.63) is 63.9 Å². The van der Waals surface area contributed by atoms with Gasteiger partial charge < -0.3 is 10.2 Å². The maximum absolute atomic E-state index is 13.4. The number of fused-ring (bicyclic) bond motifs is 1. The number of carbonyl (C=O) groups excluding carboxylic acids is 2. The van der Waals surface area contributed by atoms with Crippen LogP contribution in [0.5, 0.6) is 0 Å². The van der Waals surface area contributed by atoms with E-state index in [4.69, 9.17) is 0 Å². The molecule has 1 atom stereocenters. The van der Waals surface area contributed by atoms with Gasteiger partial charge in [0.25, 0.3) is 0 Å². The van der Waals surface area contributed by atoms with Gasteiger partial charge in [-0.15, -0.1) is 0 Å². The lowest BCUT2D eigenvalue weighted by Gasteiger charge is -2.30. The van der Waals surface area contributed by atoms with Crippen molar-refractivity contribution in [2.75, 3.05) is 11.9 Å². The smallest absolute Gasteiger partial charge is 0.244 e. The molecule has 3 rings (SSSR count). The zero-order valence-corrected chi connectivity index (χ0v) is 15.3. The van der Waals surface area contributed by atoms with Crippen LogP contribution in [0, 0.1) is 5.82 Å². The summed E-state index contributed by atoms with van der Waals surface area (Å²) in [6.07, 6.45) is 1.05. The fraction of sp³-hybridized carbons (Fsp3) is 0.263. The molecule has 0 fully saturated rings. The Kier molecular flexibility index (Phi) is 5.18. The number of nitrogens with one attached hydrogen (secondary N) is 1. The first-order valence-electron chi connectivity index (χ1n) is 8.14. The van der Waals surface area contributed by atoms with Crippen molar-refractivity contribution in [1.29, 1.82) is 0 Å². The maximum Gasteiger partial charge on any atom is 0.244 e. The highest BCUT2D eigenvalue weighted by Crippen LogP contribution is 2.37. The van der Waals surface area contributed by atoms with Crippen molar-refractivity contribution < 1.29 is 14.0 Å². The highest BCUT2D eigenvalue weighted by molar-refractivity contribution is 9.10. The van der Waals surface area contributed by atoms with Crippen LogP contribution in [0.1, 0.15) is 36.9 Å². The molecular weight excluding hydrogens is 387 g/mol. The van der Waals surface area contributed by atoms with Crippen LogP contribution in [0.3, 0.4) is 0 Å². The van der Waals surface area contributed by atoms with Gasteiger partial charge >= 0.3 is 0 Å². The van der Waals surface area contributed by atoms with Crippen molar-refractivity contribution in [2.45, 2.75) is 25.8 Å². The van der Waals surface area contributed by atoms with Gasteiger partial charge in [0.1, 0.15) is 12.4 Å². The molecule has 130 valence electrons. The summed E-state index contributed by atoms with van der Waals surface area (Å²) in [7, 11) is 0. The number of benzene rings is 2. The van der Waals surface area contributed by atoms with Crippen molar-refractivity contribution in [1.82, 2.24) is 4.90 Å². The molecule has 0 aliphatic carbocycles. The molecule has 1 aliphatic heterocycles. The quantitative estimate of drug-likeness (QED) is 0.830. The molecule has 0 aromatic heterocycles. The SMILES string of the molecule is CCCC(=O)N1CC(=O)Nc2ccc(Br)cc2[C@@H]1c1ccc(F)cc1. The third-order valence-corrected chi connectivity index (χ3v) is 4.67. The Morgan fingerprint density at radius 3 is 2.68 bits per heavy atom. The molecule has 1 heterocycles. The van der Waals surface area contributed by atoms with Crippen LogP contribution in [-0.2, 0) is 9.59 Å². The molecule has 4 nitrogen and oxygen atoms in total. The Morgan fingerprint density at radius 2 is 2.00 bits per heavy atom. The minimum absolute atomic E-state index is 0.0345. The van der Waals surface area contributed by atoms with Gasteiger partial charge in [0.15, 0.2) is 0 Å². The van der Waals surface area contributed by atoms with Gasteiger partial charge in [-0.1, -0.05) is 35.0 Å². The van der Waals surface area contributed by atoms with Crippen LogP contribution >= 0.6 is 15.9 Å². The third kappa shape index (κ3) is 3.74. The molecule has 2 aromatic rings. The van der Waals surface area contributed by atoms with Crippen LogP contribution < -0.4 is 5.32 Å². The molecule has 0 bridgehead atoms. The second kappa shape index (κ2) is 7.35. The van der Waals surface area contributed by atoms with Crippen molar-refractivity contribution in [3.8, 4) is 0 Å². The molecule has 25 heavy (non-hydrogen) atoms. The Labute approximate surface area is 154 Å². The lowest BCUT2D eigenvalue weighted by Crippen LogP contribution is -2.38. The largest absolute Gasteiger partial charge is 0.324 e. The minimum atomic E-state index is -0.453. The fourth-order valence-corrected chi connectivity index (χ4v) is 3.45. The molecule has 0 spiro atoms. The van der Waals surface area contributed by atoms with Crippen LogP contribution in [0.2, 0.25) is 0 Å². The summed E-state index contributed by atoms with van der Waals surface area (Å²) in [6.45, 7) is 1.89. The van der Waals surface area contributed by atoms with E-state index >= 15 is 0 Å². The molecule has 0 saturated carbocycles. The summed E-state index contributed by atoms with van der Waals surface area (Å²) >= 11 is 3.45. The van der Waals surface area contributed by atoms with E-state index in [1.54, 1.807) is 17.0 Å². The normalized spacial score (nSPS) is 16.8. The summed E-state index contributed by atoms with van der Waals surface area (Å²) in [5.74, 6) is -0.676. The maximum atomic E-state index is 13.4. The number of anilines is 1. The topological polar surface area (TPSA) is 49.4 Å². The van der Waals surface area contributed by atoms with Crippen molar-refractivity contribution >= 4 is 33.4 Å². The van der Waals surface area contributed by atoms with Crippen LogP contribution in [0.25, 0.3) is 0 Å². The first-order chi connectivity index (χ1) is 12.0. The van der Waals surface area contributed by atoms with Crippen molar-refractivity contribution in [3.63, 3.8) is 0 Å². The van der Waals surface area contributed by atoms with Crippen LogP contribution in [0.4, 0.5) is 10.1 Å². The minimum Gasteiger partial charge on any atom is -0.324 e. The molecule has 0 unspecified atom stereocenters. The number of hydrogen-bond donors (Lipinski definition) is 1. The molecule has 1 aliphatic rings. The van der Waals surface area contributed by atoms with E-state index in [2.05, 4.69) is 21.2 Å². The molecule has 0 radical (unpaired) electrons. The van der Waals surface area contributed by atoms with Gasteiger partial charge in [-0.25, -0.2) is 4.39 Å². The van der Waals surface area contributed by atoms with E-state index < -0.39 is 6.04 Å². The Morgan fingerprint density at radius 1 is 1.28 bits per heavy atom. The number of carbonyl (C=O) groups is 2. The highest BCUT2D eigenvalue weighted by atomic mass is 79.9. The van der Waals surface area contributed by atoms with E-state index in [0.717, 1.165) is 15.6 Å². The van der Waals surface area contributed by atoms with Gasteiger partial charge in [0.05, 0.1) is 6.04 Å². The monoisotopic (exact) mass is 404 g/mol. The first kappa shape index (κ1) is 17.6. The van der Waals surface area contributed by atoms with Gasteiger partial charge in [-0.2, -0.15) is 0 Å². The number of amides is 2. The number of hydrogen-bond acceptors (Lipinski definition) is 2. The summed E-state index contributed by atoms with van der Waals surface area (Å²) in [4.78, 5) is 26.6. The molecule has 1 N–H and O–H groups in total. The summed E-state index contributed by atoms with van der Waals surface area (Å²) < 4.78 is 14.2. The zero-order chi connectivity index (χ0) is 18.0. The fourth-order valence-electron chi connectivity index (χ4n) is 3.07. The van der Waals surface area contributed by atoms with E-state index in [1.165, 1.54) is 12.1 Å². The molecule has 2 aromatic carbocycles. The average Bonchev–Trinajstić information content (AvgIpc) is 2.72. The van der Waals surface area contributed by atoms with Gasteiger partial charge in [0, 0.05) is 22.1 Å². The van der Waals surface area contributed by atoms with E-state index in [0.29, 0.717) is 18.5 Å². The third-order valence-electron chi connectivity index (χ3n) is 4.18. The standard InChI is InChI=1S/C19H18BrFN2O2/c1-2-3-18(25)23-11-17(24)22-16-9-6-13(20)10-15(16)19(23)12-4-7-14(21)8-5-12/h4-10,19H,2-3,11H2,1H3,(H,22,24)/t19-/m0/s1. The Balaban J connectivity index is 2.17. The second-order valence-electron chi connectivity index (χ2n) is 6.01. The van der Waals surface area contributed by atoms with Gasteiger partial charge in [-0.3, -0.25) is 9.59 Å². The summed E-state index contributed by atoms with van der Waals surface area (Å²) in [5.41, 5.74) is 2.23. The lowest BCUT2D eigenvalue weighted by molar-refractivity contribution is -0.136. The van der Waals surface area contributed by atoms with E-state index in [1.807, 2.05) is 25.1 Å². The van der Waals surface area contributed by atoms with E-state index in [-0.39, 0.29) is 24.2 Å². The molecule has 0 saturated heterocycles. The predicted molar refractivity (Wildman–Crippen MR) is 97.6 cm³/mol. The zero-order valence-electron chi connectivity index (χ0n) is 13.8. The summed E-state index contributed by atoms with van der Waals surface area (Å²) in [5, 5.41) is 2.86. The Hall–Kier alpha value is -2.21. The van der Waals surface area contributed by atoms with Gasteiger partial charge in [0.2, 0.25) is 11.8 Å². The number of nitrogens with zero attached hydrogens (tertiary/aromatic N) is 1. The average molecular weight is 405 g/mol. The van der Waals surface area contributed by atoms with Crippen LogP contribution in [-0.4, -0.2) is 23.3 Å². The number of rotatable bonds is 3. The summed E-state index contributed by atoms with van der Waals surface area (Å²) in [6, 6.07) is 11.1. The predicted octanol–water partition coefficient (Wildman–Crippen LogP) is 4.26. The van der Waals surface area contributed by atoms with Gasteiger partial charge in [-0.05, 0) is 42.3 Å². The lowest BCUT2D eigenvalue weighted by atomic mass is 9.95.